The van der Waals surface area contributed by atoms with E-state index in [1.807, 2.05) is 0 Å². The maximum atomic E-state index is 13.2. The Bertz CT molecular complexity index is 1450. The molecular formula is C21H17FN4O4S. The molecule has 0 bridgehead atoms. The molecule has 8 nitrogen and oxygen atoms in total. The summed E-state index contributed by atoms with van der Waals surface area (Å²) in [6.07, 6.45) is 4.62. The second-order valence-electron chi connectivity index (χ2n) is 6.73. The number of methoxy groups -OCH3 is 1. The molecule has 10 heteroatoms. The van der Waals surface area contributed by atoms with Crippen LogP contribution in [0, 0.1) is 12.7 Å². The van der Waals surface area contributed by atoms with E-state index in [-0.39, 0.29) is 22.0 Å². The first-order chi connectivity index (χ1) is 14.8. The molecule has 0 radical (unpaired) electrons. The van der Waals surface area contributed by atoms with Crippen LogP contribution in [0.1, 0.15) is 5.56 Å². The van der Waals surface area contributed by atoms with Crippen LogP contribution >= 0.6 is 0 Å². The molecule has 0 aliphatic heterocycles. The van der Waals surface area contributed by atoms with E-state index in [1.54, 1.807) is 31.3 Å². The van der Waals surface area contributed by atoms with Gasteiger partial charge in [-0.05, 0) is 49.4 Å². The van der Waals surface area contributed by atoms with Gasteiger partial charge in [0.05, 0.1) is 12.0 Å². The van der Waals surface area contributed by atoms with Gasteiger partial charge in [0.25, 0.3) is 15.6 Å². The van der Waals surface area contributed by atoms with Gasteiger partial charge in [0.1, 0.15) is 17.2 Å². The number of nitrogens with one attached hydrogen (secondary N) is 1. The Balaban J connectivity index is 1.78. The van der Waals surface area contributed by atoms with Crippen molar-refractivity contribution in [1.82, 2.24) is 14.4 Å². The number of aryl methyl sites for hydroxylation is 1. The summed E-state index contributed by atoms with van der Waals surface area (Å²) in [7, 11) is -2.65. The van der Waals surface area contributed by atoms with E-state index in [0.29, 0.717) is 22.3 Å². The molecule has 0 fully saturated rings. The molecule has 4 rings (SSSR count). The Hall–Kier alpha value is -3.79. The number of hydrogen-bond donors (Lipinski definition) is 1. The number of ether oxygens (including phenoxy) is 1. The maximum Gasteiger partial charge on any atom is 0.262 e. The molecule has 1 N–H and O–H groups in total. The van der Waals surface area contributed by atoms with Gasteiger partial charge in [-0.2, -0.15) is 0 Å². The Labute approximate surface area is 177 Å². The minimum Gasteiger partial charge on any atom is -0.480 e. The zero-order valence-electron chi connectivity index (χ0n) is 16.5. The Morgan fingerprint density at radius 3 is 2.48 bits per heavy atom. The highest BCUT2D eigenvalue weighted by Gasteiger charge is 2.18. The number of sulfonamides is 1. The van der Waals surface area contributed by atoms with Crippen molar-refractivity contribution in [2.24, 2.45) is 0 Å². The zero-order chi connectivity index (χ0) is 22.2. The summed E-state index contributed by atoms with van der Waals surface area (Å²) in [6.45, 7) is 1.67. The first-order valence-electron chi connectivity index (χ1n) is 9.09. The molecule has 4 aromatic rings. The van der Waals surface area contributed by atoms with Crippen molar-refractivity contribution in [3.05, 3.63) is 82.8 Å². The monoisotopic (exact) mass is 440 g/mol. The summed E-state index contributed by atoms with van der Waals surface area (Å²) in [5, 5.41) is 0. The number of anilines is 1. The molecule has 3 aromatic heterocycles. The molecule has 0 amide bonds. The molecular weight excluding hydrogens is 423 g/mol. The van der Waals surface area contributed by atoms with Crippen LogP contribution < -0.4 is 15.0 Å². The van der Waals surface area contributed by atoms with E-state index in [4.69, 9.17) is 4.74 Å². The number of pyridine rings is 2. The van der Waals surface area contributed by atoms with E-state index in [1.165, 1.54) is 23.9 Å². The minimum atomic E-state index is -4.01. The third-order valence-corrected chi connectivity index (χ3v) is 6.00. The quantitative estimate of drug-likeness (QED) is 0.512. The fourth-order valence-electron chi connectivity index (χ4n) is 3.00. The van der Waals surface area contributed by atoms with Gasteiger partial charge in [0, 0.05) is 35.3 Å². The third kappa shape index (κ3) is 3.97. The molecule has 1 aromatic carbocycles. The van der Waals surface area contributed by atoms with Crippen LogP contribution in [0.15, 0.2) is 70.7 Å². The average molecular weight is 440 g/mol. The first-order valence-corrected chi connectivity index (χ1v) is 10.6. The fourth-order valence-corrected chi connectivity index (χ4v) is 4.05. The van der Waals surface area contributed by atoms with Gasteiger partial charge >= 0.3 is 0 Å². The van der Waals surface area contributed by atoms with E-state index < -0.39 is 15.8 Å². The highest BCUT2D eigenvalue weighted by Crippen LogP contribution is 2.30. The van der Waals surface area contributed by atoms with Crippen LogP contribution in [0.2, 0.25) is 0 Å². The van der Waals surface area contributed by atoms with Gasteiger partial charge < -0.3 is 4.74 Å². The van der Waals surface area contributed by atoms with Gasteiger partial charge in [0.2, 0.25) is 5.88 Å². The molecule has 0 unspecified atom stereocenters. The average Bonchev–Trinajstić information content (AvgIpc) is 2.76. The Kier molecular flexibility index (Phi) is 5.15. The number of rotatable bonds is 5. The van der Waals surface area contributed by atoms with Crippen molar-refractivity contribution in [3.63, 3.8) is 0 Å². The summed E-state index contributed by atoms with van der Waals surface area (Å²) in [5.74, 6) is -0.485. The van der Waals surface area contributed by atoms with E-state index in [0.717, 1.165) is 24.3 Å². The predicted molar refractivity (Wildman–Crippen MR) is 113 cm³/mol. The molecule has 158 valence electrons. The van der Waals surface area contributed by atoms with Crippen molar-refractivity contribution < 1.29 is 17.5 Å². The van der Waals surface area contributed by atoms with E-state index >= 15 is 0 Å². The fraction of sp³-hybridized carbons (Fsp3) is 0.0952. The number of benzene rings is 1. The SMILES string of the molecule is COc1ncc(-c2ccc3ncc(C)c(=O)n3c2)cc1NS(=O)(=O)c1ccc(F)cc1. The van der Waals surface area contributed by atoms with Gasteiger partial charge in [-0.3, -0.25) is 13.9 Å². The van der Waals surface area contributed by atoms with E-state index in [2.05, 4.69) is 14.7 Å². The smallest absolute Gasteiger partial charge is 0.262 e. The van der Waals surface area contributed by atoms with Gasteiger partial charge in [-0.25, -0.2) is 22.8 Å². The summed E-state index contributed by atoms with van der Waals surface area (Å²) < 4.78 is 47.6. The molecule has 3 heterocycles. The summed E-state index contributed by atoms with van der Waals surface area (Å²) in [4.78, 5) is 20.7. The molecule has 31 heavy (non-hydrogen) atoms. The lowest BCUT2D eigenvalue weighted by Crippen LogP contribution is -2.17. The second-order valence-corrected chi connectivity index (χ2v) is 8.41. The lowest BCUT2D eigenvalue weighted by molar-refractivity contribution is 0.400. The lowest BCUT2D eigenvalue weighted by Gasteiger charge is -2.13. The van der Waals surface area contributed by atoms with Gasteiger partial charge in [-0.15, -0.1) is 0 Å². The van der Waals surface area contributed by atoms with Crippen molar-refractivity contribution >= 4 is 21.4 Å². The highest BCUT2D eigenvalue weighted by molar-refractivity contribution is 7.92. The molecule has 0 aliphatic carbocycles. The lowest BCUT2D eigenvalue weighted by atomic mass is 10.1. The predicted octanol–water partition coefficient (Wildman–Crippen LogP) is 3.01. The summed E-state index contributed by atoms with van der Waals surface area (Å²) >= 11 is 0. The third-order valence-electron chi connectivity index (χ3n) is 4.62. The number of hydrogen-bond acceptors (Lipinski definition) is 6. The molecule has 0 saturated heterocycles. The van der Waals surface area contributed by atoms with Crippen LogP contribution in [0.4, 0.5) is 10.1 Å². The topological polar surface area (TPSA) is 103 Å². The number of fused-ring (bicyclic) bond motifs is 1. The molecule has 0 atom stereocenters. The zero-order valence-corrected chi connectivity index (χ0v) is 17.4. The Morgan fingerprint density at radius 2 is 1.77 bits per heavy atom. The van der Waals surface area contributed by atoms with Crippen LogP contribution in [-0.2, 0) is 10.0 Å². The highest BCUT2D eigenvalue weighted by atomic mass is 32.2. The maximum absolute atomic E-state index is 13.2. The van der Waals surface area contributed by atoms with Gasteiger partial charge in [-0.1, -0.05) is 0 Å². The van der Waals surface area contributed by atoms with Crippen LogP contribution in [-0.4, -0.2) is 29.9 Å². The minimum absolute atomic E-state index is 0.0601. The van der Waals surface area contributed by atoms with E-state index in [9.17, 15) is 17.6 Å². The second kappa shape index (κ2) is 7.80. The van der Waals surface area contributed by atoms with Crippen molar-refractivity contribution in [3.8, 4) is 17.0 Å². The number of nitrogens with zero attached hydrogens (tertiary/aromatic N) is 3. The normalized spacial score (nSPS) is 11.5. The Morgan fingerprint density at radius 1 is 1.03 bits per heavy atom. The molecule has 0 aliphatic rings. The van der Waals surface area contributed by atoms with Crippen LogP contribution in [0.3, 0.4) is 0 Å². The van der Waals surface area contributed by atoms with Crippen LogP contribution in [0.5, 0.6) is 5.88 Å². The number of aromatic nitrogens is 3. The van der Waals surface area contributed by atoms with Crippen LogP contribution in [0.25, 0.3) is 16.8 Å². The summed E-state index contributed by atoms with van der Waals surface area (Å²) in [6, 6.07) is 9.41. The number of halogens is 1. The summed E-state index contributed by atoms with van der Waals surface area (Å²) in [5.41, 5.74) is 2.05. The van der Waals surface area contributed by atoms with Crippen molar-refractivity contribution in [2.75, 3.05) is 11.8 Å². The molecule has 0 saturated carbocycles. The van der Waals surface area contributed by atoms with Crippen molar-refractivity contribution in [2.45, 2.75) is 11.8 Å². The van der Waals surface area contributed by atoms with Gasteiger partial charge in [0.15, 0.2) is 0 Å². The van der Waals surface area contributed by atoms with Crippen molar-refractivity contribution in [1.29, 1.82) is 0 Å². The first kappa shape index (κ1) is 20.5. The largest absolute Gasteiger partial charge is 0.480 e. The molecule has 0 spiro atoms. The standard InChI is InChI=1S/C21H17FN4O4S/c1-13-10-23-19-8-3-14(12-26(19)21(13)27)15-9-18(20(30-2)24-11-15)25-31(28,29)17-6-4-16(22)5-7-17/h3-12,25H,1-2H3.